The van der Waals surface area contributed by atoms with Crippen LogP contribution in [0.3, 0.4) is 0 Å². The van der Waals surface area contributed by atoms with Gasteiger partial charge in [0.1, 0.15) is 5.84 Å². The predicted octanol–water partition coefficient (Wildman–Crippen LogP) is 0.529. The molecule has 90 valence electrons. The Labute approximate surface area is 94.4 Å². The molecule has 1 saturated carbocycles. The molecule has 0 aromatic carbocycles. The summed E-state index contributed by atoms with van der Waals surface area (Å²) in [6, 6.07) is -0.101. The zero-order valence-corrected chi connectivity index (χ0v) is 9.53. The van der Waals surface area contributed by atoms with Gasteiger partial charge in [-0.15, -0.1) is 0 Å². The lowest BCUT2D eigenvalue weighted by molar-refractivity contribution is -0.110. The molecule has 1 aliphatic heterocycles. The van der Waals surface area contributed by atoms with E-state index in [1.54, 1.807) is 19.1 Å². The van der Waals surface area contributed by atoms with E-state index in [1.807, 2.05) is 0 Å². The summed E-state index contributed by atoms with van der Waals surface area (Å²) in [5.74, 6) is 0.246. The van der Waals surface area contributed by atoms with Crippen LogP contribution in [0.1, 0.15) is 19.3 Å². The molecule has 6 nitrogen and oxygen atoms in total. The summed E-state index contributed by atoms with van der Waals surface area (Å²) >= 11 is 0. The Hall–Kier alpha value is -1.14. The second-order valence-electron chi connectivity index (χ2n) is 4.13. The second kappa shape index (κ2) is 4.39. The molecule has 1 atom stereocenters. The molecule has 0 radical (unpaired) electrons. The van der Waals surface area contributed by atoms with Crippen LogP contribution in [0.2, 0.25) is 0 Å². The highest BCUT2D eigenvalue weighted by Gasteiger charge is 2.45. The van der Waals surface area contributed by atoms with E-state index in [0.717, 1.165) is 12.8 Å². The quantitative estimate of drug-likeness (QED) is 0.673. The number of rotatable bonds is 5. The van der Waals surface area contributed by atoms with Gasteiger partial charge in [0.2, 0.25) is 0 Å². The van der Waals surface area contributed by atoms with Crippen LogP contribution in [0.5, 0.6) is 0 Å². The van der Waals surface area contributed by atoms with Crippen molar-refractivity contribution < 1.29 is 14.3 Å². The van der Waals surface area contributed by atoms with Gasteiger partial charge in [0.25, 0.3) is 0 Å². The Balaban J connectivity index is 2.04. The largest absolute Gasteiger partial charge is 0.356 e. The van der Waals surface area contributed by atoms with E-state index >= 15 is 0 Å². The number of hydrogen-bond donors (Lipinski definition) is 2. The van der Waals surface area contributed by atoms with Gasteiger partial charge in [-0.05, 0) is 12.8 Å². The van der Waals surface area contributed by atoms with Gasteiger partial charge in [-0.3, -0.25) is 10.7 Å². The fourth-order valence-electron chi connectivity index (χ4n) is 2.02. The third-order valence-electron chi connectivity index (χ3n) is 3.03. The number of nitrogens with zero attached hydrogens (tertiary/aromatic N) is 1. The number of carbonyl (C=O) groups is 1. The topological polar surface area (TPSA) is 74.7 Å². The average Bonchev–Trinajstić information content (AvgIpc) is 3.03. The molecule has 2 N–H and O–H groups in total. The van der Waals surface area contributed by atoms with Gasteiger partial charge in [0.05, 0.1) is 6.04 Å². The summed E-state index contributed by atoms with van der Waals surface area (Å²) in [5, 5.41) is 10.3. The van der Waals surface area contributed by atoms with Crippen LogP contribution in [-0.2, 0) is 9.47 Å². The highest BCUT2D eigenvalue weighted by atomic mass is 16.7. The molecule has 0 bridgehead atoms. The summed E-state index contributed by atoms with van der Waals surface area (Å²) in [6.45, 7) is 0. The number of amidine groups is 1. The molecule has 1 saturated heterocycles. The van der Waals surface area contributed by atoms with Gasteiger partial charge in [-0.2, -0.15) is 0 Å². The normalized spacial score (nSPS) is 25.4. The minimum Gasteiger partial charge on any atom is -0.356 e. The summed E-state index contributed by atoms with van der Waals surface area (Å²) in [6.07, 6.45) is 2.18. The smallest absolute Gasteiger partial charge is 0.323 e. The summed E-state index contributed by atoms with van der Waals surface area (Å²) < 4.78 is 10.2. The first-order valence-electron chi connectivity index (χ1n) is 5.40. The van der Waals surface area contributed by atoms with Crippen LogP contribution in [0, 0.1) is 5.41 Å². The molecule has 0 spiro atoms. The Morgan fingerprint density at radius 3 is 2.62 bits per heavy atom. The minimum atomic E-state index is -0.376. The van der Waals surface area contributed by atoms with Crippen molar-refractivity contribution in [2.75, 3.05) is 14.2 Å². The van der Waals surface area contributed by atoms with Crippen molar-refractivity contribution in [2.45, 2.75) is 37.6 Å². The predicted molar refractivity (Wildman–Crippen MR) is 57.3 cm³/mol. The van der Waals surface area contributed by atoms with Gasteiger partial charge in [-0.25, -0.2) is 4.79 Å². The third-order valence-corrected chi connectivity index (χ3v) is 3.03. The zero-order valence-electron chi connectivity index (χ0n) is 9.53. The highest BCUT2D eigenvalue weighted by Crippen LogP contribution is 2.32. The molecule has 1 heterocycles. The van der Waals surface area contributed by atoms with E-state index in [2.05, 4.69) is 5.32 Å². The number of methoxy groups -OCH3 is 2. The summed E-state index contributed by atoms with van der Waals surface area (Å²) in [7, 11) is 3.12. The molecular formula is C10H17N3O3. The maximum atomic E-state index is 11.6. The number of urea groups is 1. The number of amides is 2. The SMILES string of the molecule is COC(CC1C(=N)NC(=O)N1C1CC1)OC. The highest BCUT2D eigenvalue weighted by molar-refractivity contribution is 6.05. The molecule has 1 unspecified atom stereocenters. The van der Waals surface area contributed by atoms with Crippen molar-refractivity contribution >= 4 is 11.9 Å². The Bertz CT molecular complexity index is 300. The minimum absolute atomic E-state index is 0.163. The van der Waals surface area contributed by atoms with Gasteiger partial charge in [-0.1, -0.05) is 0 Å². The van der Waals surface area contributed by atoms with Gasteiger partial charge in [0, 0.05) is 26.7 Å². The monoisotopic (exact) mass is 227 g/mol. The Morgan fingerprint density at radius 1 is 1.50 bits per heavy atom. The van der Waals surface area contributed by atoms with Crippen molar-refractivity contribution in [1.82, 2.24) is 10.2 Å². The maximum Gasteiger partial charge on any atom is 0.323 e. The number of carbonyl (C=O) groups excluding carboxylic acids is 1. The Kier molecular flexibility index (Phi) is 3.11. The summed E-state index contributed by atoms with van der Waals surface area (Å²) in [5.41, 5.74) is 0. The number of ether oxygens (including phenoxy) is 2. The molecule has 2 fully saturated rings. The van der Waals surface area contributed by atoms with Crippen LogP contribution in [0.25, 0.3) is 0 Å². The number of nitrogens with one attached hydrogen (secondary N) is 2. The second-order valence-corrected chi connectivity index (χ2v) is 4.13. The first-order chi connectivity index (χ1) is 7.67. The standard InChI is InChI=1S/C10H17N3O3/c1-15-8(16-2)5-7-9(11)12-10(14)13(7)6-3-4-6/h6-8H,3-5H2,1-2H3,(H2,11,12,14). The lowest BCUT2D eigenvalue weighted by Gasteiger charge is -2.25. The Morgan fingerprint density at radius 2 is 2.12 bits per heavy atom. The van der Waals surface area contributed by atoms with E-state index < -0.39 is 0 Å². The fraction of sp³-hybridized carbons (Fsp3) is 0.800. The van der Waals surface area contributed by atoms with E-state index in [4.69, 9.17) is 14.9 Å². The fourth-order valence-corrected chi connectivity index (χ4v) is 2.02. The van der Waals surface area contributed by atoms with E-state index in [9.17, 15) is 4.79 Å². The van der Waals surface area contributed by atoms with Crippen molar-refractivity contribution in [1.29, 1.82) is 5.41 Å². The first kappa shape index (κ1) is 11.3. The van der Waals surface area contributed by atoms with Crippen LogP contribution < -0.4 is 5.32 Å². The van der Waals surface area contributed by atoms with Crippen LogP contribution in [-0.4, -0.2) is 49.4 Å². The van der Waals surface area contributed by atoms with Crippen LogP contribution in [0.15, 0.2) is 0 Å². The number of hydrogen-bond acceptors (Lipinski definition) is 4. The van der Waals surface area contributed by atoms with Crippen molar-refractivity contribution in [3.63, 3.8) is 0 Å². The van der Waals surface area contributed by atoms with E-state index in [-0.39, 0.29) is 24.2 Å². The van der Waals surface area contributed by atoms with Gasteiger partial charge in [0.15, 0.2) is 6.29 Å². The zero-order chi connectivity index (χ0) is 11.7. The van der Waals surface area contributed by atoms with Crippen LogP contribution in [0.4, 0.5) is 4.79 Å². The van der Waals surface area contributed by atoms with Crippen molar-refractivity contribution in [3.8, 4) is 0 Å². The molecule has 2 aliphatic rings. The van der Waals surface area contributed by atoms with Gasteiger partial charge < -0.3 is 14.4 Å². The third kappa shape index (κ3) is 2.03. The molecule has 0 aromatic rings. The first-order valence-corrected chi connectivity index (χ1v) is 5.40. The molecule has 6 heteroatoms. The molecule has 2 rings (SSSR count). The maximum absolute atomic E-state index is 11.6. The van der Waals surface area contributed by atoms with E-state index in [1.165, 1.54) is 0 Å². The van der Waals surface area contributed by atoms with Crippen molar-refractivity contribution in [2.24, 2.45) is 0 Å². The average molecular weight is 227 g/mol. The lowest BCUT2D eigenvalue weighted by atomic mass is 10.1. The van der Waals surface area contributed by atoms with Crippen molar-refractivity contribution in [3.05, 3.63) is 0 Å². The molecule has 1 aliphatic carbocycles. The van der Waals surface area contributed by atoms with Gasteiger partial charge >= 0.3 is 6.03 Å². The van der Waals surface area contributed by atoms with Crippen LogP contribution >= 0.6 is 0 Å². The summed E-state index contributed by atoms with van der Waals surface area (Å²) in [4.78, 5) is 13.4. The lowest BCUT2D eigenvalue weighted by Crippen LogP contribution is -2.39. The van der Waals surface area contributed by atoms with E-state index in [0.29, 0.717) is 12.5 Å². The molecular weight excluding hydrogens is 210 g/mol. The molecule has 0 aromatic heterocycles. The molecule has 16 heavy (non-hydrogen) atoms. The molecule has 2 amide bonds.